The van der Waals surface area contributed by atoms with Gasteiger partial charge in [0.25, 0.3) is 0 Å². The Hall–Kier alpha value is -3.87. The molecule has 4 rings (SSSR count). The third-order valence-electron chi connectivity index (χ3n) is 4.53. The van der Waals surface area contributed by atoms with Crippen molar-refractivity contribution in [3.8, 4) is 17.0 Å². The Morgan fingerprint density at radius 3 is 2.79 bits per heavy atom. The number of anilines is 1. The number of pyridine rings is 2. The average molecular weight is 387 g/mol. The van der Waals surface area contributed by atoms with Crippen LogP contribution in [0.5, 0.6) is 5.75 Å². The SMILES string of the molecule is COc1cccc(-c2cc3ccc(NC(=O)NCCc4ccncc4)cn3n2)c1. The Bertz CT molecular complexity index is 1120. The van der Waals surface area contributed by atoms with E-state index in [1.54, 1.807) is 30.2 Å². The highest BCUT2D eigenvalue weighted by molar-refractivity contribution is 5.89. The summed E-state index contributed by atoms with van der Waals surface area (Å²) in [6.45, 7) is 0.542. The molecule has 146 valence electrons. The van der Waals surface area contributed by atoms with Crippen LogP contribution < -0.4 is 15.4 Å². The van der Waals surface area contributed by atoms with E-state index in [-0.39, 0.29) is 6.03 Å². The fourth-order valence-corrected chi connectivity index (χ4v) is 3.03. The maximum Gasteiger partial charge on any atom is 0.319 e. The number of carbonyl (C=O) groups is 1. The van der Waals surface area contributed by atoms with Crippen molar-refractivity contribution in [3.63, 3.8) is 0 Å². The second-order valence-corrected chi connectivity index (χ2v) is 6.54. The molecular weight excluding hydrogens is 366 g/mol. The minimum atomic E-state index is -0.251. The molecule has 7 heteroatoms. The molecule has 29 heavy (non-hydrogen) atoms. The van der Waals surface area contributed by atoms with Crippen LogP contribution in [0.25, 0.3) is 16.8 Å². The summed E-state index contributed by atoms with van der Waals surface area (Å²) >= 11 is 0. The second kappa shape index (κ2) is 8.43. The molecule has 0 saturated carbocycles. The first-order chi connectivity index (χ1) is 14.2. The molecule has 7 nitrogen and oxygen atoms in total. The van der Waals surface area contributed by atoms with Gasteiger partial charge in [-0.1, -0.05) is 12.1 Å². The third-order valence-corrected chi connectivity index (χ3v) is 4.53. The van der Waals surface area contributed by atoms with Crippen LogP contribution in [-0.2, 0) is 6.42 Å². The van der Waals surface area contributed by atoms with Crippen molar-refractivity contribution < 1.29 is 9.53 Å². The normalized spacial score (nSPS) is 10.7. The van der Waals surface area contributed by atoms with Gasteiger partial charge in [-0.05, 0) is 54.4 Å². The molecule has 0 aliphatic rings. The summed E-state index contributed by atoms with van der Waals surface area (Å²) < 4.78 is 7.03. The summed E-state index contributed by atoms with van der Waals surface area (Å²) in [5.41, 5.74) is 4.54. The summed E-state index contributed by atoms with van der Waals surface area (Å²) in [6, 6.07) is 17.1. The second-order valence-electron chi connectivity index (χ2n) is 6.54. The fraction of sp³-hybridized carbons (Fsp3) is 0.136. The van der Waals surface area contributed by atoms with E-state index in [4.69, 9.17) is 4.74 Å². The molecule has 0 spiro atoms. The van der Waals surface area contributed by atoms with Gasteiger partial charge in [-0.2, -0.15) is 5.10 Å². The number of fused-ring (bicyclic) bond motifs is 1. The van der Waals surface area contributed by atoms with Gasteiger partial charge in [-0.3, -0.25) is 4.98 Å². The molecule has 4 aromatic rings. The number of hydrogen-bond donors (Lipinski definition) is 2. The Labute approximate surface area is 168 Å². The van der Waals surface area contributed by atoms with Gasteiger partial charge in [0, 0.05) is 24.5 Å². The van der Waals surface area contributed by atoms with Gasteiger partial charge in [-0.25, -0.2) is 9.31 Å². The predicted octanol–water partition coefficient (Wildman–Crippen LogP) is 3.77. The smallest absolute Gasteiger partial charge is 0.319 e. The lowest BCUT2D eigenvalue weighted by atomic mass is 10.1. The Morgan fingerprint density at radius 2 is 1.97 bits per heavy atom. The monoisotopic (exact) mass is 387 g/mol. The maximum absolute atomic E-state index is 12.2. The fourth-order valence-electron chi connectivity index (χ4n) is 3.03. The molecule has 0 aliphatic carbocycles. The number of nitrogens with zero attached hydrogens (tertiary/aromatic N) is 3. The number of aromatic nitrogens is 3. The van der Waals surface area contributed by atoms with Crippen LogP contribution in [0.4, 0.5) is 10.5 Å². The number of rotatable bonds is 6. The zero-order chi connectivity index (χ0) is 20.1. The van der Waals surface area contributed by atoms with Crippen molar-refractivity contribution in [2.24, 2.45) is 0 Å². The number of carbonyl (C=O) groups excluding carboxylic acids is 1. The summed E-state index contributed by atoms with van der Waals surface area (Å²) in [6.07, 6.45) is 6.03. The van der Waals surface area contributed by atoms with Gasteiger partial charge < -0.3 is 15.4 Å². The van der Waals surface area contributed by atoms with Crippen molar-refractivity contribution in [2.45, 2.75) is 6.42 Å². The highest BCUT2D eigenvalue weighted by Crippen LogP contribution is 2.24. The number of amides is 2. The third kappa shape index (κ3) is 4.52. The highest BCUT2D eigenvalue weighted by Gasteiger charge is 2.08. The first kappa shape index (κ1) is 18.5. The minimum absolute atomic E-state index is 0.251. The number of urea groups is 1. The lowest BCUT2D eigenvalue weighted by Gasteiger charge is -2.08. The summed E-state index contributed by atoms with van der Waals surface area (Å²) in [7, 11) is 1.64. The van der Waals surface area contributed by atoms with Crippen molar-refractivity contribution in [2.75, 3.05) is 19.0 Å². The van der Waals surface area contributed by atoms with E-state index in [0.717, 1.165) is 34.5 Å². The largest absolute Gasteiger partial charge is 0.497 e. The van der Waals surface area contributed by atoms with Gasteiger partial charge in [0.2, 0.25) is 0 Å². The van der Waals surface area contributed by atoms with E-state index >= 15 is 0 Å². The average Bonchev–Trinajstić information content (AvgIpc) is 3.18. The van der Waals surface area contributed by atoms with E-state index in [9.17, 15) is 4.79 Å². The van der Waals surface area contributed by atoms with Gasteiger partial charge in [0.1, 0.15) is 5.75 Å². The molecule has 0 fully saturated rings. The molecule has 3 aromatic heterocycles. The van der Waals surface area contributed by atoms with Gasteiger partial charge >= 0.3 is 6.03 Å². The Balaban J connectivity index is 1.41. The lowest BCUT2D eigenvalue weighted by Crippen LogP contribution is -2.30. The minimum Gasteiger partial charge on any atom is -0.497 e. The zero-order valence-electron chi connectivity index (χ0n) is 16.0. The number of ether oxygens (including phenoxy) is 1. The first-order valence-electron chi connectivity index (χ1n) is 9.29. The molecule has 0 radical (unpaired) electrons. The number of benzene rings is 1. The van der Waals surface area contributed by atoms with E-state index in [1.807, 2.05) is 54.6 Å². The number of methoxy groups -OCH3 is 1. The molecule has 0 bridgehead atoms. The van der Waals surface area contributed by atoms with Gasteiger partial charge in [0.15, 0.2) is 0 Å². The molecule has 0 unspecified atom stereocenters. The van der Waals surface area contributed by atoms with Gasteiger partial charge in [0.05, 0.1) is 30.2 Å². The highest BCUT2D eigenvalue weighted by atomic mass is 16.5. The molecule has 2 N–H and O–H groups in total. The van der Waals surface area contributed by atoms with Crippen LogP contribution >= 0.6 is 0 Å². The van der Waals surface area contributed by atoms with Crippen LogP contribution in [0.2, 0.25) is 0 Å². The maximum atomic E-state index is 12.2. The standard InChI is InChI=1S/C22H21N5O2/c1-29-20-4-2-3-17(13-20)21-14-19-6-5-18(15-27(19)26-21)25-22(28)24-12-9-16-7-10-23-11-8-16/h2-8,10-11,13-15H,9,12H2,1H3,(H2,24,25,28). The number of hydrogen-bond acceptors (Lipinski definition) is 4. The molecule has 0 saturated heterocycles. The van der Waals surface area contributed by atoms with Crippen LogP contribution in [0.15, 0.2) is 73.2 Å². The van der Waals surface area contributed by atoms with E-state index in [2.05, 4.69) is 20.7 Å². The van der Waals surface area contributed by atoms with Crippen molar-refractivity contribution in [3.05, 3.63) is 78.8 Å². The molecule has 2 amide bonds. The Kier molecular flexibility index (Phi) is 5.38. The summed E-state index contributed by atoms with van der Waals surface area (Å²) in [5, 5.41) is 10.3. The topological polar surface area (TPSA) is 80.5 Å². The van der Waals surface area contributed by atoms with E-state index < -0.39 is 0 Å². The lowest BCUT2D eigenvalue weighted by molar-refractivity contribution is 0.252. The quantitative estimate of drug-likeness (QED) is 0.528. The van der Waals surface area contributed by atoms with E-state index in [1.165, 1.54) is 0 Å². The molecule has 3 heterocycles. The Morgan fingerprint density at radius 1 is 1.10 bits per heavy atom. The van der Waals surface area contributed by atoms with Crippen molar-refractivity contribution >= 4 is 17.2 Å². The predicted molar refractivity (Wildman–Crippen MR) is 112 cm³/mol. The van der Waals surface area contributed by atoms with Crippen LogP contribution in [-0.4, -0.2) is 34.3 Å². The van der Waals surface area contributed by atoms with Crippen molar-refractivity contribution in [1.29, 1.82) is 0 Å². The summed E-state index contributed by atoms with van der Waals surface area (Å²) in [4.78, 5) is 16.1. The van der Waals surface area contributed by atoms with E-state index in [0.29, 0.717) is 12.2 Å². The first-order valence-corrected chi connectivity index (χ1v) is 9.29. The molecule has 1 aromatic carbocycles. The molecule has 0 aliphatic heterocycles. The van der Waals surface area contributed by atoms with Crippen LogP contribution in [0, 0.1) is 0 Å². The zero-order valence-corrected chi connectivity index (χ0v) is 16.0. The molecule has 0 atom stereocenters. The van der Waals surface area contributed by atoms with Gasteiger partial charge in [-0.15, -0.1) is 0 Å². The van der Waals surface area contributed by atoms with Crippen LogP contribution in [0.3, 0.4) is 0 Å². The molecular formula is C22H21N5O2. The van der Waals surface area contributed by atoms with Crippen molar-refractivity contribution in [1.82, 2.24) is 19.9 Å². The van der Waals surface area contributed by atoms with Crippen LogP contribution in [0.1, 0.15) is 5.56 Å². The number of nitrogens with one attached hydrogen (secondary N) is 2. The summed E-state index contributed by atoms with van der Waals surface area (Å²) in [5.74, 6) is 0.783.